The van der Waals surface area contributed by atoms with E-state index in [4.69, 9.17) is 16.3 Å². The Labute approximate surface area is 130 Å². The van der Waals surface area contributed by atoms with Gasteiger partial charge in [-0.1, -0.05) is 19.3 Å². The lowest BCUT2D eigenvalue weighted by atomic mass is 9.90. The lowest BCUT2D eigenvalue weighted by molar-refractivity contribution is 0.207. The summed E-state index contributed by atoms with van der Waals surface area (Å²) in [5.74, 6) is 2.12. The minimum atomic E-state index is 0.514. The van der Waals surface area contributed by atoms with Crippen LogP contribution >= 0.6 is 43.5 Å². The first-order chi connectivity index (χ1) is 8.70. The number of rotatable bonds is 4. The van der Waals surface area contributed by atoms with E-state index < -0.39 is 0 Å². The van der Waals surface area contributed by atoms with Crippen LogP contribution in [0.25, 0.3) is 0 Å². The third-order valence-corrected chi connectivity index (χ3v) is 4.89. The van der Waals surface area contributed by atoms with Crippen molar-refractivity contribution in [2.45, 2.75) is 38.0 Å². The van der Waals surface area contributed by atoms with Crippen LogP contribution in [0.2, 0.25) is 0 Å². The van der Waals surface area contributed by atoms with E-state index in [-0.39, 0.29) is 0 Å². The Morgan fingerprint density at radius 1 is 1.11 bits per heavy atom. The number of benzene rings is 1. The van der Waals surface area contributed by atoms with E-state index in [1.54, 1.807) is 0 Å². The van der Waals surface area contributed by atoms with E-state index in [1.807, 2.05) is 12.1 Å². The summed E-state index contributed by atoms with van der Waals surface area (Å²) in [4.78, 5) is 0. The molecule has 1 aliphatic rings. The Morgan fingerprint density at radius 2 is 1.72 bits per heavy atom. The quantitative estimate of drug-likeness (QED) is 0.575. The van der Waals surface area contributed by atoms with Crippen LogP contribution in [0.5, 0.6) is 5.75 Å². The molecular weight excluding hydrogens is 379 g/mol. The van der Waals surface area contributed by atoms with E-state index in [2.05, 4.69) is 31.9 Å². The summed E-state index contributed by atoms with van der Waals surface area (Å²) in [5.41, 5.74) is 1.08. The van der Waals surface area contributed by atoms with Gasteiger partial charge in [0.25, 0.3) is 0 Å². The predicted molar refractivity (Wildman–Crippen MR) is 83.5 cm³/mol. The van der Waals surface area contributed by atoms with E-state index in [0.29, 0.717) is 11.8 Å². The van der Waals surface area contributed by atoms with Gasteiger partial charge in [0.1, 0.15) is 5.75 Å². The summed E-state index contributed by atoms with van der Waals surface area (Å²) in [6.07, 6.45) is 6.68. The van der Waals surface area contributed by atoms with E-state index >= 15 is 0 Å². The second kappa shape index (κ2) is 7.16. The zero-order valence-corrected chi connectivity index (χ0v) is 14.2. The molecule has 0 heterocycles. The predicted octanol–water partition coefficient (Wildman–Crippen LogP) is 5.91. The molecule has 0 amide bonds. The lowest BCUT2D eigenvalue weighted by Crippen LogP contribution is -2.15. The van der Waals surface area contributed by atoms with Gasteiger partial charge in [-0.3, -0.25) is 0 Å². The van der Waals surface area contributed by atoms with Gasteiger partial charge in [-0.05, 0) is 68.3 Å². The molecular formula is C14H17Br2ClO. The molecule has 1 fully saturated rings. The smallest absolute Gasteiger partial charge is 0.147 e. The summed E-state index contributed by atoms with van der Waals surface area (Å²) in [6, 6.07) is 4.04. The summed E-state index contributed by atoms with van der Waals surface area (Å²) >= 11 is 12.9. The van der Waals surface area contributed by atoms with Crippen LogP contribution in [0.3, 0.4) is 0 Å². The fraction of sp³-hybridized carbons (Fsp3) is 0.571. The topological polar surface area (TPSA) is 9.23 Å². The van der Waals surface area contributed by atoms with Crippen LogP contribution in [0.15, 0.2) is 21.1 Å². The van der Waals surface area contributed by atoms with Crippen molar-refractivity contribution in [1.82, 2.24) is 0 Å². The summed E-state index contributed by atoms with van der Waals surface area (Å²) in [5, 5.41) is 0. The lowest BCUT2D eigenvalue weighted by Gasteiger charge is -2.22. The molecule has 0 spiro atoms. The minimum Gasteiger partial charge on any atom is -0.491 e. The number of hydrogen-bond donors (Lipinski definition) is 0. The van der Waals surface area contributed by atoms with Crippen molar-refractivity contribution in [3.8, 4) is 5.75 Å². The highest BCUT2D eigenvalue weighted by Crippen LogP contribution is 2.36. The monoisotopic (exact) mass is 394 g/mol. The molecule has 1 aromatic carbocycles. The first kappa shape index (κ1) is 14.7. The van der Waals surface area contributed by atoms with Gasteiger partial charge in [0.05, 0.1) is 15.6 Å². The van der Waals surface area contributed by atoms with Crippen LogP contribution in [-0.4, -0.2) is 6.61 Å². The highest BCUT2D eigenvalue weighted by Gasteiger charge is 2.16. The van der Waals surface area contributed by atoms with Crippen molar-refractivity contribution in [3.63, 3.8) is 0 Å². The second-order valence-electron chi connectivity index (χ2n) is 4.84. The number of halogens is 3. The SMILES string of the molecule is ClCc1cc(Br)c(OCC2CCCCC2)c(Br)c1. The third kappa shape index (κ3) is 3.88. The van der Waals surface area contributed by atoms with Gasteiger partial charge in [-0.2, -0.15) is 0 Å². The van der Waals surface area contributed by atoms with Crippen molar-refractivity contribution in [2.75, 3.05) is 6.61 Å². The van der Waals surface area contributed by atoms with Crippen molar-refractivity contribution in [2.24, 2.45) is 5.92 Å². The molecule has 0 atom stereocenters. The zero-order chi connectivity index (χ0) is 13.0. The maximum Gasteiger partial charge on any atom is 0.147 e. The zero-order valence-electron chi connectivity index (χ0n) is 10.2. The van der Waals surface area contributed by atoms with Crippen molar-refractivity contribution < 1.29 is 4.74 Å². The van der Waals surface area contributed by atoms with Crippen LogP contribution in [-0.2, 0) is 5.88 Å². The normalized spacial score (nSPS) is 16.8. The van der Waals surface area contributed by atoms with Crippen LogP contribution in [0.4, 0.5) is 0 Å². The maximum absolute atomic E-state index is 5.97. The highest BCUT2D eigenvalue weighted by atomic mass is 79.9. The molecule has 1 aliphatic carbocycles. The van der Waals surface area contributed by atoms with Crippen molar-refractivity contribution in [1.29, 1.82) is 0 Å². The number of hydrogen-bond acceptors (Lipinski definition) is 1. The number of ether oxygens (including phenoxy) is 1. The summed E-state index contributed by atoms with van der Waals surface area (Å²) < 4.78 is 7.92. The molecule has 0 bridgehead atoms. The van der Waals surface area contributed by atoms with Gasteiger partial charge >= 0.3 is 0 Å². The van der Waals surface area contributed by atoms with Crippen molar-refractivity contribution in [3.05, 3.63) is 26.6 Å². The molecule has 0 N–H and O–H groups in total. The molecule has 0 radical (unpaired) electrons. The molecule has 0 aromatic heterocycles. The van der Waals surface area contributed by atoms with Gasteiger partial charge < -0.3 is 4.74 Å². The first-order valence-corrected chi connectivity index (χ1v) is 8.49. The fourth-order valence-electron chi connectivity index (χ4n) is 2.38. The molecule has 1 aromatic rings. The average molecular weight is 397 g/mol. The highest BCUT2D eigenvalue weighted by molar-refractivity contribution is 9.11. The molecule has 2 rings (SSSR count). The largest absolute Gasteiger partial charge is 0.491 e. The molecule has 0 unspecified atom stereocenters. The molecule has 100 valence electrons. The minimum absolute atomic E-state index is 0.514. The van der Waals surface area contributed by atoms with Gasteiger partial charge in [-0.15, -0.1) is 11.6 Å². The van der Waals surface area contributed by atoms with Crippen LogP contribution in [0.1, 0.15) is 37.7 Å². The van der Waals surface area contributed by atoms with Crippen LogP contribution < -0.4 is 4.74 Å². The fourth-order valence-corrected chi connectivity index (χ4v) is 4.05. The van der Waals surface area contributed by atoms with Gasteiger partial charge in [-0.25, -0.2) is 0 Å². The Kier molecular flexibility index (Phi) is 5.84. The molecule has 0 saturated heterocycles. The van der Waals surface area contributed by atoms with E-state index in [0.717, 1.165) is 26.9 Å². The Morgan fingerprint density at radius 3 is 2.28 bits per heavy atom. The molecule has 1 saturated carbocycles. The average Bonchev–Trinajstić information content (AvgIpc) is 2.38. The molecule has 0 aliphatic heterocycles. The van der Waals surface area contributed by atoms with Crippen molar-refractivity contribution >= 4 is 43.5 Å². The Bertz CT molecular complexity index is 380. The summed E-state index contributed by atoms with van der Waals surface area (Å²) in [6.45, 7) is 0.817. The summed E-state index contributed by atoms with van der Waals surface area (Å²) in [7, 11) is 0. The van der Waals surface area contributed by atoms with Gasteiger partial charge in [0.15, 0.2) is 0 Å². The third-order valence-electron chi connectivity index (χ3n) is 3.40. The molecule has 4 heteroatoms. The van der Waals surface area contributed by atoms with Gasteiger partial charge in [0.2, 0.25) is 0 Å². The Balaban J connectivity index is 2.00. The standard InChI is InChI=1S/C14H17Br2ClO/c15-12-6-11(8-17)7-13(16)14(12)18-9-10-4-2-1-3-5-10/h6-7,10H,1-5,8-9H2. The van der Waals surface area contributed by atoms with Crippen LogP contribution in [0, 0.1) is 5.92 Å². The second-order valence-corrected chi connectivity index (χ2v) is 6.81. The Hall–Kier alpha value is 0.270. The van der Waals surface area contributed by atoms with E-state index in [9.17, 15) is 0 Å². The number of alkyl halides is 1. The molecule has 18 heavy (non-hydrogen) atoms. The molecule has 1 nitrogen and oxygen atoms in total. The van der Waals surface area contributed by atoms with Gasteiger partial charge in [0, 0.05) is 5.88 Å². The van der Waals surface area contributed by atoms with E-state index in [1.165, 1.54) is 32.1 Å². The first-order valence-electron chi connectivity index (χ1n) is 6.37. The maximum atomic E-state index is 5.97.